The molecule has 0 bridgehead atoms. The highest BCUT2D eigenvalue weighted by Gasteiger charge is 2.33. The minimum Gasteiger partial charge on any atom is -0.495 e. The summed E-state index contributed by atoms with van der Waals surface area (Å²) in [5.41, 5.74) is 1.43. The number of alkyl halides is 4. The van der Waals surface area contributed by atoms with E-state index in [1.807, 2.05) is 37.2 Å². The van der Waals surface area contributed by atoms with Crippen molar-refractivity contribution in [2.24, 2.45) is 0 Å². The van der Waals surface area contributed by atoms with Gasteiger partial charge in [-0.3, -0.25) is 0 Å². The minimum atomic E-state index is -4.41. The van der Waals surface area contributed by atoms with Crippen LogP contribution in [0, 0.1) is 11.8 Å². The van der Waals surface area contributed by atoms with Crippen LogP contribution in [0.3, 0.4) is 0 Å². The molecule has 0 spiro atoms. The molecule has 2 atom stereocenters. The fraction of sp³-hybridized carbons (Fsp3) is 0.484. The molecule has 5 rings (SSSR count). The van der Waals surface area contributed by atoms with Gasteiger partial charge in [0.1, 0.15) is 19.1 Å². The average Bonchev–Trinajstić information content (AvgIpc) is 3.30. The Morgan fingerprint density at radius 2 is 1.86 bits per heavy atom. The van der Waals surface area contributed by atoms with E-state index in [-0.39, 0.29) is 12.1 Å². The quantitative estimate of drug-likeness (QED) is 0.193. The predicted octanol–water partition coefficient (Wildman–Crippen LogP) is 5.87. The Kier molecular flexibility index (Phi) is 9.62. The lowest BCUT2D eigenvalue weighted by atomic mass is 10.0. The van der Waals surface area contributed by atoms with Gasteiger partial charge in [-0.1, -0.05) is 24.0 Å². The fourth-order valence-corrected chi connectivity index (χ4v) is 9.61. The number of ether oxygens (including phenoxy) is 1. The molecule has 0 amide bonds. The molecule has 2 unspecified atom stereocenters. The van der Waals surface area contributed by atoms with Crippen LogP contribution in [0.25, 0.3) is 10.1 Å². The van der Waals surface area contributed by atoms with Crippen molar-refractivity contribution in [3.63, 3.8) is 0 Å². The average molecular weight is 637 g/mol. The summed E-state index contributed by atoms with van der Waals surface area (Å²) < 4.78 is 75.4. The van der Waals surface area contributed by atoms with Crippen molar-refractivity contribution in [2.45, 2.75) is 31.2 Å². The normalized spacial score (nSPS) is 21.3. The number of nitrogens with zero attached hydrogens (tertiary/aromatic N) is 2. The number of thiophene rings is 1. The lowest BCUT2D eigenvalue weighted by Crippen LogP contribution is -2.46. The second-order valence-corrected chi connectivity index (χ2v) is 15.6. The van der Waals surface area contributed by atoms with E-state index >= 15 is 0 Å². The lowest BCUT2D eigenvalue weighted by molar-refractivity contribution is -0.126. The first-order chi connectivity index (χ1) is 20.5. The van der Waals surface area contributed by atoms with Crippen LogP contribution in [0.5, 0.6) is 5.75 Å². The van der Waals surface area contributed by atoms with Crippen LogP contribution in [0.15, 0.2) is 36.4 Å². The van der Waals surface area contributed by atoms with E-state index in [2.05, 4.69) is 27.4 Å². The van der Waals surface area contributed by atoms with E-state index in [1.54, 1.807) is 25.3 Å². The van der Waals surface area contributed by atoms with Crippen LogP contribution in [-0.4, -0.2) is 94.4 Å². The third-order valence-corrected chi connectivity index (χ3v) is 12.5. The van der Waals surface area contributed by atoms with Crippen LogP contribution in [0.1, 0.15) is 16.9 Å². The number of piperidine rings is 1. The van der Waals surface area contributed by atoms with Crippen molar-refractivity contribution >= 4 is 45.2 Å². The molecule has 2 aliphatic heterocycles. The van der Waals surface area contributed by atoms with Gasteiger partial charge in [0.05, 0.1) is 47.1 Å². The number of likely N-dealkylation sites (tertiary alicyclic amines) is 1. The predicted molar refractivity (Wildman–Crippen MR) is 169 cm³/mol. The standard InChI is InChI=1S/C31H37F4N4O2PS/c1-38-14-16-42(40,17-15-38)21-9-10-26(28(18-21)41-3)36-12-5-8-29-23(19-31(33,34)35)22-6-4-7-27(30(22)43-29)37-25-11-13-39(2)20-24(25)32/h4,6-7,9-10,18,24-25,36-37H,11-17,19-20H2,1-3H3. The summed E-state index contributed by atoms with van der Waals surface area (Å²) in [6.07, 6.45) is -4.72. The first-order valence-electron chi connectivity index (χ1n) is 14.3. The zero-order chi connectivity index (χ0) is 30.8. The van der Waals surface area contributed by atoms with Gasteiger partial charge < -0.3 is 29.7 Å². The fourth-order valence-electron chi connectivity index (χ4n) is 5.67. The Hall–Kier alpha value is -2.77. The third-order valence-electron chi connectivity index (χ3n) is 8.19. The maximum absolute atomic E-state index is 14.7. The first kappa shape index (κ1) is 31.6. The summed E-state index contributed by atoms with van der Waals surface area (Å²) in [6.45, 7) is 2.80. The van der Waals surface area contributed by atoms with Crippen molar-refractivity contribution in [3.8, 4) is 17.6 Å². The molecule has 0 aliphatic carbocycles. The molecule has 2 fully saturated rings. The molecule has 6 nitrogen and oxygen atoms in total. The topological polar surface area (TPSA) is 56.8 Å². The number of anilines is 2. The molecule has 3 heterocycles. The van der Waals surface area contributed by atoms with Crippen LogP contribution in [-0.2, 0) is 11.0 Å². The van der Waals surface area contributed by atoms with Crippen LogP contribution < -0.4 is 20.7 Å². The molecular formula is C31H37F4N4O2PS. The maximum atomic E-state index is 14.7. The van der Waals surface area contributed by atoms with E-state index in [0.717, 1.165) is 24.9 Å². The summed E-state index contributed by atoms with van der Waals surface area (Å²) in [5.74, 6) is 6.48. The molecule has 0 saturated carbocycles. The number of hydrogen-bond donors (Lipinski definition) is 2. The van der Waals surface area contributed by atoms with Crippen molar-refractivity contribution in [1.29, 1.82) is 0 Å². The van der Waals surface area contributed by atoms with E-state index in [0.29, 0.717) is 57.4 Å². The Bertz CT molecular complexity index is 1550. The number of methoxy groups -OCH3 is 1. The molecule has 2 saturated heterocycles. The van der Waals surface area contributed by atoms with Gasteiger partial charge >= 0.3 is 6.18 Å². The van der Waals surface area contributed by atoms with Crippen LogP contribution >= 0.6 is 18.5 Å². The highest BCUT2D eigenvalue weighted by atomic mass is 32.1. The molecule has 232 valence electrons. The molecule has 2 aromatic carbocycles. The molecule has 2 aliphatic rings. The monoisotopic (exact) mass is 636 g/mol. The molecular weight excluding hydrogens is 599 g/mol. The van der Waals surface area contributed by atoms with Gasteiger partial charge in [0.25, 0.3) is 0 Å². The van der Waals surface area contributed by atoms with E-state index in [4.69, 9.17) is 4.74 Å². The molecule has 0 radical (unpaired) electrons. The third kappa shape index (κ3) is 7.49. The molecule has 1 aromatic heterocycles. The number of benzene rings is 2. The van der Waals surface area contributed by atoms with E-state index in [9.17, 15) is 22.1 Å². The number of rotatable bonds is 7. The SMILES string of the molecule is COc1cc(P2(=O)CCN(C)CC2)ccc1NCC#Cc1sc2c(NC3CCN(C)CC3F)cccc2c1CC(F)(F)F. The van der Waals surface area contributed by atoms with Crippen molar-refractivity contribution in [1.82, 2.24) is 9.80 Å². The van der Waals surface area contributed by atoms with Gasteiger partial charge in [0.15, 0.2) is 0 Å². The molecule has 3 aromatic rings. The van der Waals surface area contributed by atoms with Crippen LogP contribution in [0.2, 0.25) is 0 Å². The van der Waals surface area contributed by atoms with Crippen molar-refractivity contribution in [2.75, 3.05) is 76.9 Å². The van der Waals surface area contributed by atoms with E-state index < -0.39 is 32.0 Å². The Morgan fingerprint density at radius 3 is 2.56 bits per heavy atom. The van der Waals surface area contributed by atoms with Gasteiger partial charge in [0, 0.05) is 43.8 Å². The summed E-state index contributed by atoms with van der Waals surface area (Å²) in [5, 5.41) is 7.72. The van der Waals surface area contributed by atoms with E-state index in [1.165, 1.54) is 11.3 Å². The van der Waals surface area contributed by atoms with Crippen molar-refractivity contribution in [3.05, 3.63) is 46.8 Å². The second kappa shape index (κ2) is 13.1. The number of fused-ring (bicyclic) bond motifs is 1. The van der Waals surface area contributed by atoms with Crippen LogP contribution in [0.4, 0.5) is 28.9 Å². The van der Waals surface area contributed by atoms with Gasteiger partial charge in [-0.2, -0.15) is 13.2 Å². The minimum absolute atomic E-state index is 0.133. The molecule has 12 heteroatoms. The Morgan fingerprint density at radius 1 is 1.09 bits per heavy atom. The van der Waals surface area contributed by atoms with Gasteiger partial charge in [-0.25, -0.2) is 4.39 Å². The number of hydrogen-bond acceptors (Lipinski definition) is 7. The van der Waals surface area contributed by atoms with Crippen molar-refractivity contribution < 1.29 is 26.9 Å². The maximum Gasteiger partial charge on any atom is 0.393 e. The number of halogens is 4. The first-order valence-corrected chi connectivity index (χ1v) is 17.2. The zero-order valence-corrected chi connectivity index (χ0v) is 26.3. The summed E-state index contributed by atoms with van der Waals surface area (Å²) in [6, 6.07) is 10.2. The smallest absolute Gasteiger partial charge is 0.393 e. The zero-order valence-electron chi connectivity index (χ0n) is 24.6. The Balaban J connectivity index is 1.36. The highest BCUT2D eigenvalue weighted by molar-refractivity contribution is 7.71. The summed E-state index contributed by atoms with van der Waals surface area (Å²) in [7, 11) is 2.95. The summed E-state index contributed by atoms with van der Waals surface area (Å²) >= 11 is 1.20. The van der Waals surface area contributed by atoms with Gasteiger partial charge in [-0.15, -0.1) is 11.3 Å². The Labute approximate surface area is 254 Å². The van der Waals surface area contributed by atoms with Gasteiger partial charge in [-0.05, 0) is 55.7 Å². The number of nitrogens with one attached hydrogen (secondary N) is 2. The highest BCUT2D eigenvalue weighted by Crippen LogP contribution is 2.47. The molecule has 43 heavy (non-hydrogen) atoms. The summed E-state index contributed by atoms with van der Waals surface area (Å²) in [4.78, 5) is 4.44. The second-order valence-electron chi connectivity index (χ2n) is 11.4. The van der Waals surface area contributed by atoms with Gasteiger partial charge in [0.2, 0.25) is 0 Å². The largest absolute Gasteiger partial charge is 0.495 e. The molecule has 2 N–H and O–H groups in total. The lowest BCUT2D eigenvalue weighted by Gasteiger charge is -2.33.